The fraction of sp³-hybridized carbons (Fsp3) is 0.182. The van der Waals surface area contributed by atoms with E-state index >= 15 is 0 Å². The third kappa shape index (κ3) is 3.72. The van der Waals surface area contributed by atoms with E-state index in [1.165, 1.54) is 0 Å². The number of furan rings is 1. The molecule has 0 atom stereocenters. The molecule has 4 N–H and O–H groups in total. The number of pyridine rings is 1. The summed E-state index contributed by atoms with van der Waals surface area (Å²) in [7, 11) is 1.66. The van der Waals surface area contributed by atoms with Crippen LogP contribution >= 0.6 is 0 Å². The van der Waals surface area contributed by atoms with E-state index < -0.39 is 0 Å². The Morgan fingerprint density at radius 3 is 2.97 bits per heavy atom. The van der Waals surface area contributed by atoms with Crippen molar-refractivity contribution in [1.29, 1.82) is 0 Å². The average molecular weight is 390 g/mol. The van der Waals surface area contributed by atoms with E-state index in [2.05, 4.69) is 15.4 Å². The normalized spacial score (nSPS) is 12.0. The number of hydrogen-bond donors (Lipinski definition) is 3. The monoisotopic (exact) mass is 390 g/mol. The lowest BCUT2D eigenvalue weighted by molar-refractivity contribution is 0.196. The molecule has 0 aliphatic carbocycles. The Hall–Kier alpha value is -3.58. The van der Waals surface area contributed by atoms with Crippen molar-refractivity contribution < 1.29 is 14.3 Å². The van der Waals surface area contributed by atoms with Gasteiger partial charge in [0, 0.05) is 36.4 Å². The van der Waals surface area contributed by atoms with Gasteiger partial charge in [-0.15, -0.1) is 0 Å². The van der Waals surface area contributed by atoms with Crippen molar-refractivity contribution in [2.24, 2.45) is 10.9 Å². The quantitative estimate of drug-likeness (QED) is 0.185. The number of methoxy groups -OCH3 is 1. The second kappa shape index (κ2) is 8.20. The molecule has 0 aliphatic heterocycles. The van der Waals surface area contributed by atoms with Crippen LogP contribution in [0.15, 0.2) is 64.4 Å². The fourth-order valence-corrected chi connectivity index (χ4v) is 3.39. The van der Waals surface area contributed by atoms with E-state index in [0.717, 1.165) is 34.0 Å². The minimum Gasteiger partial charge on any atom is -0.507 e. The first-order valence-electron chi connectivity index (χ1n) is 9.32. The number of benzene rings is 2. The van der Waals surface area contributed by atoms with Crippen LogP contribution in [0, 0.1) is 0 Å². The molecular formula is C22H22N4O3. The number of nitrogens with one attached hydrogen (secondary N) is 1. The average Bonchev–Trinajstić information content (AvgIpc) is 3.10. The maximum atomic E-state index is 10.0. The van der Waals surface area contributed by atoms with Gasteiger partial charge < -0.3 is 25.4 Å². The van der Waals surface area contributed by atoms with Gasteiger partial charge in [-0.3, -0.25) is 4.98 Å². The molecule has 2 heterocycles. The Kier molecular flexibility index (Phi) is 5.31. The molecule has 0 radical (unpaired) electrons. The van der Waals surface area contributed by atoms with E-state index in [4.69, 9.17) is 15.0 Å². The molecule has 0 aliphatic rings. The lowest BCUT2D eigenvalue weighted by atomic mass is 10.1. The minimum absolute atomic E-state index is 0.255. The summed E-state index contributed by atoms with van der Waals surface area (Å²) in [4.78, 5) is 4.15. The first-order chi connectivity index (χ1) is 14.2. The number of phenolic OH excluding ortho intramolecular Hbond substituents is 1. The molecule has 0 spiro atoms. The van der Waals surface area contributed by atoms with E-state index in [9.17, 15) is 5.11 Å². The van der Waals surface area contributed by atoms with Crippen molar-refractivity contribution in [3.05, 3.63) is 60.6 Å². The summed E-state index contributed by atoms with van der Waals surface area (Å²) in [6.45, 7) is 0.609. The predicted octanol–water partition coefficient (Wildman–Crippen LogP) is 4.52. The zero-order valence-corrected chi connectivity index (χ0v) is 16.1. The molecule has 7 nitrogen and oxygen atoms in total. The first kappa shape index (κ1) is 18.8. The maximum absolute atomic E-state index is 10.0. The largest absolute Gasteiger partial charge is 0.507 e. The summed E-state index contributed by atoms with van der Waals surface area (Å²) in [6.07, 6.45) is 4.79. The van der Waals surface area contributed by atoms with E-state index in [-0.39, 0.29) is 5.75 Å². The van der Waals surface area contributed by atoms with Crippen LogP contribution in [-0.4, -0.2) is 29.5 Å². The summed E-state index contributed by atoms with van der Waals surface area (Å²) in [5.41, 5.74) is 2.94. The fourth-order valence-electron chi connectivity index (χ4n) is 3.39. The molecule has 7 heteroatoms. The van der Waals surface area contributed by atoms with Gasteiger partial charge in [0.2, 0.25) is 0 Å². The molecule has 0 unspecified atom stereocenters. The van der Waals surface area contributed by atoms with Crippen molar-refractivity contribution >= 4 is 38.8 Å². The highest BCUT2D eigenvalue weighted by atomic mass is 16.5. The molecule has 0 saturated carbocycles. The Morgan fingerprint density at radius 2 is 2.14 bits per heavy atom. The molecule has 2 aromatic heterocycles. The second-order valence-corrected chi connectivity index (χ2v) is 6.69. The summed E-state index contributed by atoms with van der Waals surface area (Å²) in [5.74, 6) is 6.52. The van der Waals surface area contributed by atoms with Crippen LogP contribution in [0.25, 0.3) is 21.7 Å². The predicted molar refractivity (Wildman–Crippen MR) is 115 cm³/mol. The number of aromatic nitrogens is 1. The number of anilines is 2. The third-order valence-corrected chi connectivity index (χ3v) is 4.80. The highest BCUT2D eigenvalue weighted by Gasteiger charge is 2.19. The summed E-state index contributed by atoms with van der Waals surface area (Å²) in [6, 6.07) is 13.1. The number of fused-ring (bicyclic) bond motifs is 2. The molecule has 0 saturated heterocycles. The van der Waals surface area contributed by atoms with Gasteiger partial charge in [0.25, 0.3) is 0 Å². The lowest BCUT2D eigenvalue weighted by Crippen LogP contribution is -2.07. The zero-order valence-electron chi connectivity index (χ0n) is 16.1. The number of aromatic hydroxyl groups is 1. The van der Waals surface area contributed by atoms with Gasteiger partial charge in [0.1, 0.15) is 11.5 Å². The van der Waals surface area contributed by atoms with Crippen molar-refractivity contribution in [3.63, 3.8) is 0 Å². The van der Waals surface area contributed by atoms with Crippen LogP contribution in [0.2, 0.25) is 0 Å². The topological polar surface area (TPSA) is 106 Å². The van der Waals surface area contributed by atoms with Gasteiger partial charge >= 0.3 is 0 Å². The molecular weight excluding hydrogens is 368 g/mol. The maximum Gasteiger partial charge on any atom is 0.174 e. The van der Waals surface area contributed by atoms with Crippen molar-refractivity contribution in [2.75, 3.05) is 19.0 Å². The third-order valence-electron chi connectivity index (χ3n) is 4.80. The number of ether oxygens (including phenoxy) is 1. The molecule has 0 bridgehead atoms. The van der Waals surface area contributed by atoms with Gasteiger partial charge in [-0.05, 0) is 48.6 Å². The Balaban J connectivity index is 1.76. The molecule has 4 rings (SSSR count). The number of nitrogens with zero attached hydrogens (tertiary/aromatic N) is 2. The summed E-state index contributed by atoms with van der Waals surface area (Å²) >= 11 is 0. The molecule has 0 amide bonds. The van der Waals surface area contributed by atoms with Crippen LogP contribution in [0.3, 0.4) is 0 Å². The lowest BCUT2D eigenvalue weighted by Gasteiger charge is -2.10. The summed E-state index contributed by atoms with van der Waals surface area (Å²) in [5, 5.41) is 20.0. The zero-order chi connectivity index (χ0) is 20.2. The number of rotatable bonds is 7. The highest BCUT2D eigenvalue weighted by Crippen LogP contribution is 2.35. The number of hydrogen-bond acceptors (Lipinski definition) is 7. The van der Waals surface area contributed by atoms with E-state index in [1.54, 1.807) is 25.6 Å². The smallest absolute Gasteiger partial charge is 0.174 e. The van der Waals surface area contributed by atoms with Gasteiger partial charge in [0.15, 0.2) is 11.3 Å². The van der Waals surface area contributed by atoms with Crippen LogP contribution in [0.1, 0.15) is 18.6 Å². The van der Waals surface area contributed by atoms with E-state index in [1.807, 2.05) is 36.4 Å². The SMILES string of the molecule is COCCCC(=NN)c1oc2cnccc2c1Nc1ccc2c(O)cccc2c1. The van der Waals surface area contributed by atoms with Crippen LogP contribution < -0.4 is 11.2 Å². The second-order valence-electron chi connectivity index (χ2n) is 6.69. The van der Waals surface area contributed by atoms with E-state index in [0.29, 0.717) is 30.1 Å². The number of phenols is 1. The van der Waals surface area contributed by atoms with Crippen molar-refractivity contribution in [1.82, 2.24) is 4.98 Å². The van der Waals surface area contributed by atoms with Gasteiger partial charge in [0.05, 0.1) is 11.9 Å². The first-order valence-corrected chi connectivity index (χ1v) is 9.32. The van der Waals surface area contributed by atoms with Gasteiger partial charge in [-0.2, -0.15) is 5.10 Å². The molecule has 4 aromatic rings. The Morgan fingerprint density at radius 1 is 1.24 bits per heavy atom. The van der Waals surface area contributed by atoms with Gasteiger partial charge in [-0.25, -0.2) is 0 Å². The molecule has 148 valence electrons. The molecule has 0 fully saturated rings. The highest BCUT2D eigenvalue weighted by molar-refractivity contribution is 6.10. The number of nitrogens with two attached hydrogens (primary N) is 1. The van der Waals surface area contributed by atoms with Crippen LogP contribution in [0.5, 0.6) is 5.75 Å². The van der Waals surface area contributed by atoms with Crippen molar-refractivity contribution in [3.8, 4) is 5.75 Å². The van der Waals surface area contributed by atoms with Crippen molar-refractivity contribution in [2.45, 2.75) is 12.8 Å². The van der Waals surface area contributed by atoms with Gasteiger partial charge in [-0.1, -0.05) is 12.1 Å². The molecule has 29 heavy (non-hydrogen) atoms. The standard InChI is InChI=1S/C22H22N4O3/c1-28-11-3-5-18(26-23)22-21(17-9-10-24-13-20(17)29-22)25-15-7-8-16-14(12-15)4-2-6-19(16)27/h2,4,6-10,12-13,25,27H,3,5,11,23H2,1H3. The Labute approximate surface area is 167 Å². The number of hydrazone groups is 1. The van der Waals surface area contributed by atoms with Crippen LogP contribution in [-0.2, 0) is 4.74 Å². The van der Waals surface area contributed by atoms with Crippen LogP contribution in [0.4, 0.5) is 11.4 Å². The Bertz CT molecular complexity index is 1180. The summed E-state index contributed by atoms with van der Waals surface area (Å²) < 4.78 is 11.2. The minimum atomic E-state index is 0.255. The molecule has 2 aromatic carbocycles.